The van der Waals surface area contributed by atoms with Gasteiger partial charge in [-0.15, -0.1) is 11.8 Å². The molecule has 1 saturated heterocycles. The third kappa shape index (κ3) is 3.04. The Labute approximate surface area is 147 Å². The van der Waals surface area contributed by atoms with Gasteiger partial charge in [0, 0.05) is 0 Å². The summed E-state index contributed by atoms with van der Waals surface area (Å²) in [6, 6.07) is 0. The van der Waals surface area contributed by atoms with E-state index in [1.165, 1.54) is 0 Å². The van der Waals surface area contributed by atoms with Crippen molar-refractivity contribution in [1.29, 1.82) is 0 Å². The van der Waals surface area contributed by atoms with Crippen LogP contribution >= 0.6 is 35.0 Å². The fraction of sp³-hybridized carbons (Fsp3) is 0.812. The molecule has 126 valence electrons. The Hall–Kier alpha value is 0.1000. The van der Waals surface area contributed by atoms with Gasteiger partial charge in [-0.25, -0.2) is 0 Å². The Bertz CT molecular complexity index is 500. The number of halogens is 2. The molecule has 1 amide bonds. The Balaban J connectivity index is 2.27. The molecule has 1 N–H and O–H groups in total. The second kappa shape index (κ2) is 5.87. The first-order valence-corrected chi connectivity index (χ1v) is 9.25. The lowest BCUT2D eigenvalue weighted by molar-refractivity contribution is -0.146. The molecule has 2 fully saturated rings. The SMILES string of the molecule is CC(C)C1SC(C)(C)C(O)N1C(=O)C1C(C=C(Cl)Cl)C1(C)C. The molecule has 2 rings (SSSR count). The Morgan fingerprint density at radius 2 is 1.82 bits per heavy atom. The molecule has 1 saturated carbocycles. The molecule has 1 aliphatic heterocycles. The summed E-state index contributed by atoms with van der Waals surface area (Å²) in [5, 5.41) is 10.6. The summed E-state index contributed by atoms with van der Waals surface area (Å²) in [5.74, 6) is 0.132. The fourth-order valence-electron chi connectivity index (χ4n) is 3.36. The number of hydrogen-bond acceptors (Lipinski definition) is 3. The van der Waals surface area contributed by atoms with E-state index in [4.69, 9.17) is 23.2 Å². The van der Waals surface area contributed by atoms with Gasteiger partial charge >= 0.3 is 0 Å². The van der Waals surface area contributed by atoms with Crippen LogP contribution in [0, 0.1) is 23.2 Å². The summed E-state index contributed by atoms with van der Waals surface area (Å²) < 4.78 is -0.163. The molecule has 2 aliphatic rings. The smallest absolute Gasteiger partial charge is 0.229 e. The zero-order valence-corrected chi connectivity index (χ0v) is 16.3. The average Bonchev–Trinajstić information content (AvgIpc) is 2.76. The van der Waals surface area contributed by atoms with E-state index in [1.807, 2.05) is 27.7 Å². The second-order valence-electron chi connectivity index (χ2n) is 7.76. The quantitative estimate of drug-likeness (QED) is 0.813. The van der Waals surface area contributed by atoms with E-state index < -0.39 is 6.23 Å². The van der Waals surface area contributed by atoms with Crippen LogP contribution in [0.15, 0.2) is 10.6 Å². The molecule has 0 aromatic heterocycles. The minimum Gasteiger partial charge on any atom is -0.372 e. The van der Waals surface area contributed by atoms with E-state index in [9.17, 15) is 9.90 Å². The third-order valence-corrected chi connectivity index (χ3v) is 6.97. The van der Waals surface area contributed by atoms with Crippen molar-refractivity contribution < 1.29 is 9.90 Å². The minimum atomic E-state index is -0.773. The molecule has 0 spiro atoms. The maximum atomic E-state index is 13.1. The predicted molar refractivity (Wildman–Crippen MR) is 93.7 cm³/mol. The largest absolute Gasteiger partial charge is 0.372 e. The van der Waals surface area contributed by atoms with Crippen LogP contribution in [0.4, 0.5) is 0 Å². The second-order valence-corrected chi connectivity index (χ2v) is 10.5. The Morgan fingerprint density at radius 3 is 2.27 bits per heavy atom. The van der Waals surface area contributed by atoms with Crippen molar-refractivity contribution in [2.75, 3.05) is 0 Å². The number of rotatable bonds is 3. The predicted octanol–water partition coefficient (Wildman–Crippen LogP) is 4.23. The molecular weight excluding hydrogens is 341 g/mol. The summed E-state index contributed by atoms with van der Waals surface area (Å²) >= 11 is 13.2. The number of nitrogens with zero attached hydrogens (tertiary/aromatic N) is 1. The summed E-state index contributed by atoms with van der Waals surface area (Å²) in [4.78, 5) is 14.7. The number of aliphatic hydroxyl groups excluding tert-OH is 1. The lowest BCUT2D eigenvalue weighted by Crippen LogP contribution is -2.48. The van der Waals surface area contributed by atoms with Crippen molar-refractivity contribution in [2.24, 2.45) is 23.2 Å². The maximum absolute atomic E-state index is 13.1. The summed E-state index contributed by atoms with van der Waals surface area (Å²) in [5.41, 5.74) is -0.176. The van der Waals surface area contributed by atoms with Crippen LogP contribution in [0.1, 0.15) is 41.5 Å². The minimum absolute atomic E-state index is 0.00473. The van der Waals surface area contributed by atoms with Gasteiger partial charge in [0.15, 0.2) is 0 Å². The van der Waals surface area contributed by atoms with Gasteiger partial charge in [-0.3, -0.25) is 4.79 Å². The van der Waals surface area contributed by atoms with Gasteiger partial charge in [0.25, 0.3) is 0 Å². The van der Waals surface area contributed by atoms with Crippen molar-refractivity contribution in [2.45, 2.75) is 57.9 Å². The lowest BCUT2D eigenvalue weighted by atomic mass is 10.1. The first kappa shape index (κ1) is 18.4. The van der Waals surface area contributed by atoms with Crippen LogP contribution in [0.3, 0.4) is 0 Å². The van der Waals surface area contributed by atoms with Gasteiger partial charge in [0.1, 0.15) is 10.7 Å². The van der Waals surface area contributed by atoms with E-state index in [2.05, 4.69) is 13.8 Å². The normalized spacial score (nSPS) is 35.6. The van der Waals surface area contributed by atoms with Gasteiger partial charge in [-0.2, -0.15) is 0 Å². The molecule has 22 heavy (non-hydrogen) atoms. The molecule has 0 bridgehead atoms. The van der Waals surface area contributed by atoms with E-state index in [-0.39, 0.29) is 43.7 Å². The standard InChI is InChI=1S/C16H25Cl2NO2S/c1-8(2)13-19(14(21)16(5,6)22-13)12(20)11-9(7-10(17)18)15(11,3)4/h7-9,11,13-14,21H,1-6H3. The highest BCUT2D eigenvalue weighted by Crippen LogP contribution is 2.61. The van der Waals surface area contributed by atoms with Gasteiger partial charge in [-0.1, -0.05) is 50.9 Å². The van der Waals surface area contributed by atoms with Crippen LogP contribution in [0.2, 0.25) is 0 Å². The topological polar surface area (TPSA) is 40.5 Å². The Kier molecular flexibility index (Phi) is 4.92. The number of allylic oxidation sites excluding steroid dienone is 1. The molecule has 3 nitrogen and oxygen atoms in total. The van der Waals surface area contributed by atoms with Crippen molar-refractivity contribution in [1.82, 2.24) is 4.90 Å². The van der Waals surface area contributed by atoms with Crippen molar-refractivity contribution >= 4 is 40.9 Å². The molecular formula is C16H25Cl2NO2S. The first-order chi connectivity index (χ1) is 9.91. The van der Waals surface area contributed by atoms with Crippen LogP contribution in [-0.4, -0.2) is 32.3 Å². The molecule has 1 aliphatic carbocycles. The number of amides is 1. The zero-order valence-electron chi connectivity index (χ0n) is 13.9. The number of aliphatic hydroxyl groups is 1. The third-order valence-electron chi connectivity index (χ3n) is 4.89. The highest BCUT2D eigenvalue weighted by atomic mass is 35.5. The number of hydrogen-bond donors (Lipinski definition) is 1. The highest BCUT2D eigenvalue weighted by Gasteiger charge is 2.64. The molecule has 0 aromatic rings. The number of carbonyl (C=O) groups is 1. The van der Waals surface area contributed by atoms with Crippen molar-refractivity contribution in [3.8, 4) is 0 Å². The van der Waals surface area contributed by atoms with Gasteiger partial charge < -0.3 is 10.0 Å². The first-order valence-electron chi connectivity index (χ1n) is 7.62. The van der Waals surface area contributed by atoms with E-state index >= 15 is 0 Å². The van der Waals surface area contributed by atoms with Crippen molar-refractivity contribution in [3.05, 3.63) is 10.6 Å². The Morgan fingerprint density at radius 1 is 1.27 bits per heavy atom. The fourth-order valence-corrected chi connectivity index (χ4v) is 5.10. The molecule has 6 heteroatoms. The highest BCUT2D eigenvalue weighted by molar-refractivity contribution is 8.01. The summed E-state index contributed by atoms with van der Waals surface area (Å²) in [6.07, 6.45) is 0.974. The molecule has 4 unspecified atom stereocenters. The summed E-state index contributed by atoms with van der Waals surface area (Å²) in [6.45, 7) is 12.2. The average molecular weight is 366 g/mol. The van der Waals surface area contributed by atoms with E-state index in [1.54, 1.807) is 22.7 Å². The van der Waals surface area contributed by atoms with Crippen molar-refractivity contribution in [3.63, 3.8) is 0 Å². The molecule has 1 heterocycles. The molecule has 0 aromatic carbocycles. The van der Waals surface area contributed by atoms with Gasteiger partial charge in [0.05, 0.1) is 16.0 Å². The molecule has 4 atom stereocenters. The number of thioether (sulfide) groups is 1. The van der Waals surface area contributed by atoms with Crippen LogP contribution in [0.25, 0.3) is 0 Å². The zero-order chi connectivity index (χ0) is 17.0. The number of carbonyl (C=O) groups excluding carboxylic acids is 1. The van der Waals surface area contributed by atoms with E-state index in [0.29, 0.717) is 0 Å². The van der Waals surface area contributed by atoms with Gasteiger partial charge in [-0.05, 0) is 37.2 Å². The molecule has 0 radical (unpaired) electrons. The van der Waals surface area contributed by atoms with Gasteiger partial charge in [0.2, 0.25) is 5.91 Å². The summed E-state index contributed by atoms with van der Waals surface area (Å²) in [7, 11) is 0. The van der Waals surface area contributed by atoms with Crippen LogP contribution in [-0.2, 0) is 4.79 Å². The van der Waals surface area contributed by atoms with Crippen LogP contribution in [0.5, 0.6) is 0 Å². The lowest BCUT2D eigenvalue weighted by Gasteiger charge is -2.31. The monoisotopic (exact) mass is 365 g/mol. The van der Waals surface area contributed by atoms with E-state index in [0.717, 1.165) is 0 Å². The van der Waals surface area contributed by atoms with Crippen LogP contribution < -0.4 is 0 Å². The maximum Gasteiger partial charge on any atom is 0.229 e.